The number of amides is 2. The van der Waals surface area contributed by atoms with E-state index in [0.717, 1.165) is 6.07 Å². The van der Waals surface area contributed by atoms with Crippen molar-refractivity contribution in [1.29, 1.82) is 5.41 Å². The largest absolute Gasteiger partial charge is 0.481 e. The number of carboxylic acids is 1. The summed E-state index contributed by atoms with van der Waals surface area (Å²) in [6.45, 7) is 2.40. The molecule has 0 aliphatic carbocycles. The lowest BCUT2D eigenvalue weighted by molar-refractivity contribution is 0.0470. The number of carbonyl (C=O) groups excluding carboxylic acids is 2. The molecular weight excluding hydrogens is 518 g/mol. The standard InChI is InChI=1S/C28H31N5O7/c1-15(2)28(13-34,14-35)33-25(36)17-6-9-19(21(12-17)27(38)39)20-10-11-22(40-3)32-23(20)26(37)31-18-7-4-16(5-8-18)24(29)30/h4-12,15,34-35H,13-14H2,1-3H3,(H3,29,30)(H,31,37)(H,33,36)(H,38,39). The number of aromatic nitrogens is 1. The molecule has 1 aromatic heterocycles. The van der Waals surface area contributed by atoms with Gasteiger partial charge >= 0.3 is 5.97 Å². The number of rotatable bonds is 11. The maximum Gasteiger partial charge on any atom is 0.336 e. The molecule has 0 unspecified atom stereocenters. The van der Waals surface area contributed by atoms with Crippen LogP contribution in [0.4, 0.5) is 5.69 Å². The zero-order valence-electron chi connectivity index (χ0n) is 22.2. The van der Waals surface area contributed by atoms with Crippen molar-refractivity contribution >= 4 is 29.3 Å². The molecule has 1 heterocycles. The van der Waals surface area contributed by atoms with E-state index in [9.17, 15) is 29.7 Å². The minimum Gasteiger partial charge on any atom is -0.481 e. The summed E-state index contributed by atoms with van der Waals surface area (Å²) in [7, 11) is 1.37. The second-order valence-electron chi connectivity index (χ2n) is 9.34. The number of methoxy groups -OCH3 is 1. The van der Waals surface area contributed by atoms with E-state index in [4.69, 9.17) is 15.9 Å². The van der Waals surface area contributed by atoms with E-state index in [0.29, 0.717) is 11.3 Å². The third-order valence-corrected chi connectivity index (χ3v) is 6.58. The van der Waals surface area contributed by atoms with Gasteiger partial charge in [0, 0.05) is 28.4 Å². The van der Waals surface area contributed by atoms with Crippen molar-refractivity contribution < 1.29 is 34.4 Å². The summed E-state index contributed by atoms with van der Waals surface area (Å²) in [5.74, 6) is -3.04. The van der Waals surface area contributed by atoms with Crippen LogP contribution in [0.2, 0.25) is 0 Å². The third-order valence-electron chi connectivity index (χ3n) is 6.58. The summed E-state index contributed by atoms with van der Waals surface area (Å²) in [5, 5.41) is 42.4. The Morgan fingerprint density at radius 1 is 0.975 bits per heavy atom. The van der Waals surface area contributed by atoms with Crippen LogP contribution in [0.5, 0.6) is 5.88 Å². The number of carboxylic acid groups (broad SMARTS) is 1. The molecule has 40 heavy (non-hydrogen) atoms. The maximum atomic E-state index is 13.3. The van der Waals surface area contributed by atoms with Gasteiger partial charge in [0.15, 0.2) is 0 Å². The summed E-state index contributed by atoms with van der Waals surface area (Å²) in [6, 6.07) is 13.1. The van der Waals surface area contributed by atoms with Crippen LogP contribution in [0.3, 0.4) is 0 Å². The molecule has 0 spiro atoms. The number of nitrogen functional groups attached to an aromatic ring is 1. The molecule has 3 rings (SSSR count). The summed E-state index contributed by atoms with van der Waals surface area (Å²) in [6.07, 6.45) is 0. The zero-order chi connectivity index (χ0) is 29.6. The fourth-order valence-electron chi connectivity index (χ4n) is 3.90. The maximum absolute atomic E-state index is 13.3. The van der Waals surface area contributed by atoms with Gasteiger partial charge in [0.05, 0.1) is 31.4 Å². The zero-order valence-corrected chi connectivity index (χ0v) is 22.2. The highest BCUT2D eigenvalue weighted by molar-refractivity contribution is 6.10. The number of nitrogens with zero attached hydrogens (tertiary/aromatic N) is 1. The fraction of sp³-hybridized carbons (Fsp3) is 0.250. The highest BCUT2D eigenvalue weighted by Gasteiger charge is 2.35. The number of carbonyl (C=O) groups is 3. The van der Waals surface area contributed by atoms with E-state index in [1.54, 1.807) is 38.1 Å². The molecule has 0 bridgehead atoms. The molecule has 0 saturated heterocycles. The minimum atomic E-state index is -1.36. The number of aliphatic hydroxyl groups is 2. The first-order chi connectivity index (χ1) is 19.0. The molecule has 0 radical (unpaired) electrons. The lowest BCUT2D eigenvalue weighted by Crippen LogP contribution is -2.57. The van der Waals surface area contributed by atoms with E-state index < -0.39 is 36.5 Å². The summed E-state index contributed by atoms with van der Waals surface area (Å²) < 4.78 is 5.16. The number of amidine groups is 1. The monoisotopic (exact) mass is 549 g/mol. The van der Waals surface area contributed by atoms with Gasteiger partial charge in [0.1, 0.15) is 11.5 Å². The Bertz CT molecular complexity index is 1430. The number of hydrogen-bond donors (Lipinski definition) is 7. The fourth-order valence-corrected chi connectivity index (χ4v) is 3.90. The molecule has 8 N–H and O–H groups in total. The second-order valence-corrected chi connectivity index (χ2v) is 9.34. The molecule has 0 aliphatic rings. The van der Waals surface area contributed by atoms with Gasteiger partial charge in [-0.3, -0.25) is 15.0 Å². The Kier molecular flexibility index (Phi) is 9.19. The van der Waals surface area contributed by atoms with Crippen LogP contribution < -0.4 is 21.1 Å². The average Bonchev–Trinajstić information content (AvgIpc) is 2.95. The highest BCUT2D eigenvalue weighted by atomic mass is 16.5. The number of nitrogens with two attached hydrogens (primary N) is 1. The Morgan fingerprint density at radius 2 is 1.57 bits per heavy atom. The topological polar surface area (TPSA) is 208 Å². The van der Waals surface area contributed by atoms with Crippen LogP contribution in [0.15, 0.2) is 54.6 Å². The van der Waals surface area contributed by atoms with Crippen LogP contribution in [-0.4, -0.2) is 69.8 Å². The lowest BCUT2D eigenvalue weighted by Gasteiger charge is -2.35. The predicted molar refractivity (Wildman–Crippen MR) is 148 cm³/mol. The summed E-state index contributed by atoms with van der Waals surface area (Å²) >= 11 is 0. The van der Waals surface area contributed by atoms with Crippen molar-refractivity contribution in [3.63, 3.8) is 0 Å². The normalized spacial score (nSPS) is 11.2. The van der Waals surface area contributed by atoms with E-state index in [-0.39, 0.29) is 45.6 Å². The molecule has 12 heteroatoms. The summed E-state index contributed by atoms with van der Waals surface area (Å²) in [4.78, 5) is 42.8. The van der Waals surface area contributed by atoms with Gasteiger partial charge in [0.2, 0.25) is 5.88 Å². The van der Waals surface area contributed by atoms with Gasteiger partial charge < -0.3 is 36.4 Å². The van der Waals surface area contributed by atoms with Crippen LogP contribution >= 0.6 is 0 Å². The van der Waals surface area contributed by atoms with E-state index in [1.165, 1.54) is 31.4 Å². The third kappa shape index (κ3) is 6.25. The Balaban J connectivity index is 2.04. The molecular formula is C28H31N5O7. The molecule has 3 aromatic rings. The number of aliphatic hydroxyl groups excluding tert-OH is 2. The molecule has 210 valence electrons. The smallest absolute Gasteiger partial charge is 0.336 e. The SMILES string of the molecule is COc1ccc(-c2ccc(C(=O)NC(CO)(CO)C(C)C)cc2C(=O)O)c(C(=O)Nc2ccc(C(=N)N)cc2)n1. The molecule has 2 aromatic carbocycles. The molecule has 0 aliphatic heterocycles. The van der Waals surface area contributed by atoms with Crippen molar-refractivity contribution in [3.05, 3.63) is 77.0 Å². The van der Waals surface area contributed by atoms with Gasteiger partial charge in [-0.15, -0.1) is 0 Å². The van der Waals surface area contributed by atoms with Gasteiger partial charge in [0.25, 0.3) is 11.8 Å². The van der Waals surface area contributed by atoms with E-state index in [1.807, 2.05) is 0 Å². The van der Waals surface area contributed by atoms with Gasteiger partial charge in [-0.05, 0) is 53.9 Å². The summed E-state index contributed by atoms with van der Waals surface area (Å²) in [5.41, 5.74) is 4.88. The van der Waals surface area contributed by atoms with Gasteiger partial charge in [-0.25, -0.2) is 9.78 Å². The number of nitrogens with one attached hydrogen (secondary N) is 3. The lowest BCUT2D eigenvalue weighted by atomic mass is 9.87. The number of hydrogen-bond acceptors (Lipinski definition) is 8. The van der Waals surface area contributed by atoms with Crippen molar-refractivity contribution in [2.45, 2.75) is 19.4 Å². The number of pyridine rings is 1. The van der Waals surface area contributed by atoms with Crippen LogP contribution in [0.1, 0.15) is 50.6 Å². The Hall–Kier alpha value is -4.81. The highest BCUT2D eigenvalue weighted by Crippen LogP contribution is 2.30. The Morgan fingerprint density at radius 3 is 2.10 bits per heavy atom. The van der Waals surface area contributed by atoms with Crippen LogP contribution in [0, 0.1) is 11.3 Å². The van der Waals surface area contributed by atoms with Gasteiger partial charge in [-0.2, -0.15) is 0 Å². The van der Waals surface area contributed by atoms with Gasteiger partial charge in [-0.1, -0.05) is 19.9 Å². The Labute approximate surface area is 230 Å². The second kappa shape index (κ2) is 12.4. The molecule has 2 amide bonds. The van der Waals surface area contributed by atoms with Crippen LogP contribution in [-0.2, 0) is 0 Å². The number of aromatic carboxylic acids is 1. The van der Waals surface area contributed by atoms with E-state index in [2.05, 4.69) is 15.6 Å². The van der Waals surface area contributed by atoms with E-state index >= 15 is 0 Å². The van der Waals surface area contributed by atoms with Crippen molar-refractivity contribution in [1.82, 2.24) is 10.3 Å². The van der Waals surface area contributed by atoms with Crippen molar-refractivity contribution in [2.75, 3.05) is 25.6 Å². The van der Waals surface area contributed by atoms with Crippen molar-refractivity contribution in [2.24, 2.45) is 11.7 Å². The van der Waals surface area contributed by atoms with Crippen molar-refractivity contribution in [3.8, 4) is 17.0 Å². The number of anilines is 1. The minimum absolute atomic E-state index is 0.0221. The number of benzene rings is 2. The average molecular weight is 550 g/mol. The molecule has 0 fully saturated rings. The first-order valence-electron chi connectivity index (χ1n) is 12.2. The molecule has 0 atom stereocenters. The molecule has 12 nitrogen and oxygen atoms in total. The molecule has 0 saturated carbocycles. The first-order valence-corrected chi connectivity index (χ1v) is 12.2. The first kappa shape index (κ1) is 29.7. The number of ether oxygens (including phenoxy) is 1. The predicted octanol–water partition coefficient (Wildman–Crippen LogP) is 2.10. The quantitative estimate of drug-likeness (QED) is 0.138. The van der Waals surface area contributed by atoms with Crippen LogP contribution in [0.25, 0.3) is 11.1 Å².